The van der Waals surface area contributed by atoms with E-state index >= 15 is 4.79 Å². The monoisotopic (exact) mass is 918 g/mol. The van der Waals surface area contributed by atoms with Crippen LogP contribution in [0.25, 0.3) is 11.6 Å². The molecule has 5 aromatic carbocycles. The van der Waals surface area contributed by atoms with Crippen LogP contribution in [0.15, 0.2) is 151 Å². The van der Waals surface area contributed by atoms with E-state index in [0.717, 1.165) is 70.7 Å². The largest absolute Gasteiger partial charge is 0.508 e. The first-order chi connectivity index (χ1) is 31.9. The van der Waals surface area contributed by atoms with E-state index in [2.05, 4.69) is 111 Å². The summed E-state index contributed by atoms with van der Waals surface area (Å²) in [4.78, 5) is 34.0. The highest BCUT2D eigenvalue weighted by molar-refractivity contribution is 6.99. The Bertz CT molecular complexity index is 2520. The van der Waals surface area contributed by atoms with Gasteiger partial charge in [0.05, 0.1) is 29.6 Å². The number of piperidine rings is 1. The number of hydrogen-bond acceptors (Lipinski definition) is 7. The zero-order valence-electron chi connectivity index (χ0n) is 38.2. The van der Waals surface area contributed by atoms with Gasteiger partial charge in [0.1, 0.15) is 5.75 Å². The predicted octanol–water partition coefficient (Wildman–Crippen LogP) is 9.40. The lowest BCUT2D eigenvalue weighted by atomic mass is 9.58. The van der Waals surface area contributed by atoms with Crippen molar-refractivity contribution in [2.45, 2.75) is 82.9 Å². The molecule has 4 atom stereocenters. The normalized spacial score (nSPS) is 22.2. The molecule has 5 aromatic rings. The second kappa shape index (κ2) is 19.6. The zero-order valence-corrected chi connectivity index (χ0v) is 39.9. The minimum absolute atomic E-state index is 0.0916. The number of rotatable bonds is 13. The van der Waals surface area contributed by atoms with Gasteiger partial charge < -0.3 is 19.2 Å². The maximum Gasteiger partial charge on any atom is 0.455 e. The van der Waals surface area contributed by atoms with Gasteiger partial charge >= 0.3 is 7.12 Å². The third kappa shape index (κ3) is 9.29. The molecule has 0 bridgehead atoms. The van der Waals surface area contributed by atoms with Crippen molar-refractivity contribution in [3.05, 3.63) is 172 Å². The van der Waals surface area contributed by atoms with Gasteiger partial charge in [-0.25, -0.2) is 0 Å². The van der Waals surface area contributed by atoms with E-state index in [4.69, 9.17) is 20.7 Å². The van der Waals surface area contributed by atoms with Crippen molar-refractivity contribution < 1.29 is 28.8 Å². The van der Waals surface area contributed by atoms with Crippen LogP contribution in [0.3, 0.4) is 0 Å². The Morgan fingerprint density at radius 2 is 1.44 bits per heavy atom. The van der Waals surface area contributed by atoms with Crippen molar-refractivity contribution in [1.29, 1.82) is 0 Å². The molecule has 9 rings (SSSR count). The number of nitrogens with zero attached hydrogens (tertiary/aromatic N) is 2. The van der Waals surface area contributed by atoms with Crippen LogP contribution in [0, 0.1) is 17.8 Å². The molecule has 11 heteroatoms. The molecule has 3 fully saturated rings. The number of hydrogen-bond donors (Lipinski definition) is 2. The number of allylic oxidation sites excluding steroid dienone is 1. The summed E-state index contributed by atoms with van der Waals surface area (Å²) in [7, 11) is -4.14. The number of carbonyl (C=O) groups excluding carboxylic acids is 2. The standard InChI is InChI=1S/C55H60BClN2O6Si/c1-55(2,3)66(45-20-12-6-13-21-45,46-22-14-7-15-23-46)64-37-42-33-47-52(54(62)59(53(47)61)43-28-30-58(31-29-43)36-38-16-8-4-9-17-38)48-35-56(63)65-50(51(42)48)27-25-40(39-18-10-5-11-19-39)32-41-24-26-44(60)34-49(41)57/h4-24,26,32,34,43,47-48,50,52,60,63H,25,27-31,33,35-37H2,1-3H3/b40-32-/t47-,48+,50-,52-/m1/s1. The molecule has 4 aliphatic rings. The Kier molecular flexibility index (Phi) is 13.7. The Morgan fingerprint density at radius 3 is 2.05 bits per heavy atom. The Balaban J connectivity index is 1.08. The average molecular weight is 919 g/mol. The molecule has 3 aliphatic heterocycles. The molecule has 0 unspecified atom stereocenters. The highest BCUT2D eigenvalue weighted by Gasteiger charge is 2.59. The van der Waals surface area contributed by atoms with Gasteiger partial charge in [0.15, 0.2) is 0 Å². The van der Waals surface area contributed by atoms with E-state index in [9.17, 15) is 14.9 Å². The molecular weight excluding hydrogens is 859 g/mol. The molecule has 0 aromatic heterocycles. The lowest BCUT2D eigenvalue weighted by Crippen LogP contribution is -2.66. The molecule has 8 nitrogen and oxygen atoms in total. The van der Waals surface area contributed by atoms with E-state index in [1.54, 1.807) is 17.0 Å². The van der Waals surface area contributed by atoms with E-state index < -0.39 is 39.3 Å². The second-order valence-electron chi connectivity index (χ2n) is 19.6. The number of phenolic OH excluding ortho intramolecular Hbond substituents is 1. The highest BCUT2D eigenvalue weighted by Crippen LogP contribution is 2.52. The smallest absolute Gasteiger partial charge is 0.455 e. The van der Waals surface area contributed by atoms with Crippen LogP contribution < -0.4 is 10.4 Å². The zero-order chi connectivity index (χ0) is 46.0. The molecule has 3 heterocycles. The van der Waals surface area contributed by atoms with Crippen LogP contribution in [0.2, 0.25) is 16.4 Å². The third-order valence-electron chi connectivity index (χ3n) is 14.5. The van der Waals surface area contributed by atoms with Crippen molar-refractivity contribution in [3.63, 3.8) is 0 Å². The Labute approximate surface area is 396 Å². The molecule has 0 saturated carbocycles. The molecule has 0 radical (unpaired) electrons. The summed E-state index contributed by atoms with van der Waals surface area (Å²) < 4.78 is 14.2. The van der Waals surface area contributed by atoms with Crippen LogP contribution in [-0.4, -0.2) is 79.0 Å². The maximum atomic E-state index is 15.0. The first kappa shape index (κ1) is 46.1. The van der Waals surface area contributed by atoms with Gasteiger partial charge in [-0.1, -0.05) is 154 Å². The van der Waals surface area contributed by atoms with Crippen molar-refractivity contribution in [2.24, 2.45) is 17.8 Å². The quantitative estimate of drug-likeness (QED) is 0.0526. The molecule has 3 saturated heterocycles. The fourth-order valence-electron chi connectivity index (χ4n) is 11.5. The van der Waals surface area contributed by atoms with Crippen LogP contribution >= 0.6 is 11.6 Å². The van der Waals surface area contributed by atoms with Crippen LogP contribution in [0.4, 0.5) is 0 Å². The minimum atomic E-state index is -3.03. The molecule has 2 amide bonds. The lowest BCUT2D eigenvalue weighted by molar-refractivity contribution is -0.144. The van der Waals surface area contributed by atoms with E-state index in [1.807, 2.05) is 48.5 Å². The number of benzene rings is 5. The minimum Gasteiger partial charge on any atom is -0.508 e. The summed E-state index contributed by atoms with van der Waals surface area (Å²) >= 11 is 6.67. The van der Waals surface area contributed by atoms with Crippen molar-refractivity contribution in [2.75, 3.05) is 19.7 Å². The molecule has 0 spiro atoms. The van der Waals surface area contributed by atoms with Gasteiger partial charge in [-0.2, -0.15) is 0 Å². The Hall–Kier alpha value is -5.07. The molecular formula is C55H60BClN2O6Si. The fraction of sp³-hybridized carbons (Fsp3) is 0.345. The SMILES string of the molecule is CC(C)(C)[Si](OCC1=C2[C@@H](CC/C(=C/c3ccc(O)cc3Cl)c3ccccc3)OB(O)C[C@@H]2[C@@H]2C(=O)N(C3CCN(Cc4ccccc4)CC3)C(=O)[C@@H]2C1)(c1ccccc1)c1ccccc1. The fourth-order valence-corrected chi connectivity index (χ4v) is 16.2. The summed E-state index contributed by atoms with van der Waals surface area (Å²) in [6.07, 6.45) is 4.65. The molecule has 340 valence electrons. The number of halogens is 1. The first-order valence-electron chi connectivity index (χ1n) is 23.6. The average Bonchev–Trinajstić information content (AvgIpc) is 3.57. The van der Waals surface area contributed by atoms with Gasteiger partial charge in [-0.05, 0) is 117 Å². The summed E-state index contributed by atoms with van der Waals surface area (Å²) in [5.74, 6) is -1.64. The van der Waals surface area contributed by atoms with E-state index in [0.29, 0.717) is 24.3 Å². The summed E-state index contributed by atoms with van der Waals surface area (Å²) in [5.41, 5.74) is 6.05. The maximum absolute atomic E-state index is 15.0. The molecule has 66 heavy (non-hydrogen) atoms. The van der Waals surface area contributed by atoms with Crippen LogP contribution in [0.5, 0.6) is 5.75 Å². The van der Waals surface area contributed by atoms with Crippen LogP contribution in [0.1, 0.15) is 69.6 Å². The predicted molar refractivity (Wildman–Crippen MR) is 267 cm³/mol. The number of imide groups is 1. The van der Waals surface area contributed by atoms with E-state index in [-0.39, 0.29) is 41.6 Å². The molecule has 1 aliphatic carbocycles. The van der Waals surface area contributed by atoms with Gasteiger partial charge in [0, 0.05) is 25.7 Å². The van der Waals surface area contributed by atoms with Gasteiger partial charge in [0.25, 0.3) is 8.32 Å². The highest BCUT2D eigenvalue weighted by atomic mass is 35.5. The lowest BCUT2D eigenvalue weighted by Gasteiger charge is -2.46. The number of amides is 2. The van der Waals surface area contributed by atoms with Gasteiger partial charge in [0.2, 0.25) is 11.8 Å². The first-order valence-corrected chi connectivity index (χ1v) is 25.9. The number of aromatic hydroxyl groups is 1. The summed E-state index contributed by atoms with van der Waals surface area (Å²) in [6.45, 7) is 9.50. The number of carbonyl (C=O) groups is 2. The number of likely N-dealkylation sites (tertiary alicyclic amines) is 2. The van der Waals surface area contributed by atoms with Gasteiger partial charge in [-0.3, -0.25) is 19.4 Å². The number of fused-ring (bicyclic) bond motifs is 3. The topological polar surface area (TPSA) is 99.5 Å². The van der Waals surface area contributed by atoms with Crippen molar-refractivity contribution >= 4 is 60.9 Å². The van der Waals surface area contributed by atoms with Crippen molar-refractivity contribution in [3.8, 4) is 5.75 Å². The van der Waals surface area contributed by atoms with Crippen LogP contribution in [-0.2, 0) is 25.2 Å². The second-order valence-corrected chi connectivity index (χ2v) is 24.3. The Morgan fingerprint density at radius 1 is 0.833 bits per heavy atom. The van der Waals surface area contributed by atoms with E-state index in [1.165, 1.54) is 5.56 Å². The van der Waals surface area contributed by atoms with Crippen molar-refractivity contribution in [1.82, 2.24) is 9.80 Å². The summed E-state index contributed by atoms with van der Waals surface area (Å²) in [6, 6.07) is 46.5. The molecule has 2 N–H and O–H groups in total. The summed E-state index contributed by atoms with van der Waals surface area (Å²) in [5, 5.41) is 24.3. The third-order valence-corrected chi connectivity index (χ3v) is 19.8. The van der Waals surface area contributed by atoms with Gasteiger partial charge in [-0.15, -0.1) is 0 Å². The number of phenols is 1.